The number of carbonyl (C=O) groups is 2. The van der Waals surface area contributed by atoms with Gasteiger partial charge in [0.1, 0.15) is 21.5 Å². The normalized spacial score (nSPS) is 15.9. The van der Waals surface area contributed by atoms with Gasteiger partial charge in [-0.15, -0.1) is 0 Å². The Labute approximate surface area is 160 Å². The Balaban J connectivity index is 1.82. The van der Waals surface area contributed by atoms with Crippen LogP contribution in [0.3, 0.4) is 0 Å². The first-order chi connectivity index (χ1) is 12.4. The van der Waals surface area contributed by atoms with Crippen molar-refractivity contribution in [1.29, 1.82) is 0 Å². The van der Waals surface area contributed by atoms with Crippen molar-refractivity contribution in [3.63, 3.8) is 0 Å². The Kier molecular flexibility index (Phi) is 5.58. The van der Waals surface area contributed by atoms with E-state index in [0.717, 1.165) is 28.6 Å². The van der Waals surface area contributed by atoms with E-state index in [1.54, 1.807) is 17.0 Å². The van der Waals surface area contributed by atoms with Gasteiger partial charge in [-0.25, -0.2) is 0 Å². The minimum Gasteiger partial charge on any atom is -0.481 e. The molecule has 1 aromatic heterocycles. The lowest BCUT2D eigenvalue weighted by Crippen LogP contribution is -2.23. The quantitative estimate of drug-likeness (QED) is 0.584. The molecule has 0 atom stereocenters. The van der Waals surface area contributed by atoms with Gasteiger partial charge in [0.25, 0.3) is 0 Å². The Morgan fingerprint density at radius 3 is 2.88 bits per heavy atom. The van der Waals surface area contributed by atoms with Crippen LogP contribution in [-0.2, 0) is 9.59 Å². The van der Waals surface area contributed by atoms with Crippen LogP contribution in [0.4, 0.5) is 0 Å². The van der Waals surface area contributed by atoms with E-state index in [4.69, 9.17) is 21.7 Å². The number of thiocarbonyl (C=S) groups is 1. The first-order valence-corrected chi connectivity index (χ1v) is 9.30. The van der Waals surface area contributed by atoms with Gasteiger partial charge in [-0.05, 0) is 43.3 Å². The number of thioether (sulfide) groups is 1. The average molecular weight is 387 g/mol. The summed E-state index contributed by atoms with van der Waals surface area (Å²) in [5.74, 6) is 0.408. The second-order valence-corrected chi connectivity index (χ2v) is 7.51. The molecule has 0 unspecified atom stereocenters. The van der Waals surface area contributed by atoms with Crippen LogP contribution in [0.5, 0.6) is 0 Å². The van der Waals surface area contributed by atoms with Crippen molar-refractivity contribution in [3.8, 4) is 11.3 Å². The number of hydrogen-bond donors (Lipinski definition) is 1. The molecule has 2 aromatic rings. The molecule has 1 aromatic carbocycles. The van der Waals surface area contributed by atoms with Crippen LogP contribution in [0.25, 0.3) is 17.4 Å². The van der Waals surface area contributed by atoms with Crippen molar-refractivity contribution in [2.24, 2.45) is 0 Å². The number of aliphatic carboxylic acids is 1. The number of carboxylic acids is 1. The summed E-state index contributed by atoms with van der Waals surface area (Å²) in [6, 6.07) is 11.6. The highest BCUT2D eigenvalue weighted by Crippen LogP contribution is 2.32. The summed E-state index contributed by atoms with van der Waals surface area (Å²) in [7, 11) is 0. The zero-order valence-corrected chi connectivity index (χ0v) is 15.7. The highest BCUT2D eigenvalue weighted by Gasteiger charge is 2.31. The molecule has 134 valence electrons. The molecule has 1 aliphatic heterocycles. The SMILES string of the molecule is Cc1cccc(-c2ccc(/C=C3\C(=O)SC(=S)N3CCCC(=O)O)o2)c1. The van der Waals surface area contributed by atoms with E-state index < -0.39 is 5.97 Å². The lowest BCUT2D eigenvalue weighted by Gasteiger charge is -2.16. The van der Waals surface area contributed by atoms with Gasteiger partial charge in [-0.3, -0.25) is 9.59 Å². The van der Waals surface area contributed by atoms with Gasteiger partial charge >= 0.3 is 5.97 Å². The van der Waals surface area contributed by atoms with Crippen molar-refractivity contribution in [2.45, 2.75) is 19.8 Å². The summed E-state index contributed by atoms with van der Waals surface area (Å²) >= 11 is 6.22. The van der Waals surface area contributed by atoms with Crippen LogP contribution in [-0.4, -0.2) is 32.0 Å². The molecule has 3 rings (SSSR count). The third-order valence-electron chi connectivity index (χ3n) is 3.88. The Hall–Kier alpha value is -2.38. The lowest BCUT2D eigenvalue weighted by molar-refractivity contribution is -0.137. The number of rotatable bonds is 6. The van der Waals surface area contributed by atoms with E-state index in [9.17, 15) is 9.59 Å². The van der Waals surface area contributed by atoms with Gasteiger partial charge in [-0.2, -0.15) is 0 Å². The van der Waals surface area contributed by atoms with Crippen LogP contribution in [0, 0.1) is 6.92 Å². The third kappa shape index (κ3) is 4.23. The fourth-order valence-electron chi connectivity index (χ4n) is 2.65. The summed E-state index contributed by atoms with van der Waals surface area (Å²) in [4.78, 5) is 24.6. The predicted octanol–water partition coefficient (Wildman–Crippen LogP) is 4.32. The minimum atomic E-state index is -0.867. The van der Waals surface area contributed by atoms with Crippen molar-refractivity contribution < 1.29 is 19.1 Å². The van der Waals surface area contributed by atoms with E-state index in [0.29, 0.717) is 28.7 Å². The molecule has 1 N–H and O–H groups in total. The van der Waals surface area contributed by atoms with Crippen molar-refractivity contribution in [1.82, 2.24) is 4.90 Å². The first kappa shape index (κ1) is 18.4. The summed E-state index contributed by atoms with van der Waals surface area (Å²) < 4.78 is 6.30. The van der Waals surface area contributed by atoms with E-state index in [1.807, 2.05) is 37.3 Å². The number of carboxylic acid groups (broad SMARTS) is 1. The molecule has 26 heavy (non-hydrogen) atoms. The topological polar surface area (TPSA) is 70.8 Å². The Morgan fingerprint density at radius 2 is 2.15 bits per heavy atom. The van der Waals surface area contributed by atoms with Crippen LogP contribution in [0.15, 0.2) is 46.5 Å². The lowest BCUT2D eigenvalue weighted by atomic mass is 10.1. The number of hydrogen-bond acceptors (Lipinski definition) is 5. The first-order valence-electron chi connectivity index (χ1n) is 8.08. The molecule has 1 fully saturated rings. The zero-order valence-electron chi connectivity index (χ0n) is 14.1. The van der Waals surface area contributed by atoms with Crippen molar-refractivity contribution >= 4 is 45.5 Å². The molecule has 1 aliphatic rings. The maximum absolute atomic E-state index is 12.2. The van der Waals surface area contributed by atoms with Gasteiger partial charge in [0, 0.05) is 24.6 Å². The van der Waals surface area contributed by atoms with E-state index in [2.05, 4.69) is 0 Å². The van der Waals surface area contributed by atoms with Crippen LogP contribution < -0.4 is 0 Å². The van der Waals surface area contributed by atoms with Crippen molar-refractivity contribution in [2.75, 3.05) is 6.54 Å². The molecule has 7 heteroatoms. The van der Waals surface area contributed by atoms with Crippen LogP contribution in [0.2, 0.25) is 0 Å². The van der Waals surface area contributed by atoms with E-state index >= 15 is 0 Å². The molecule has 5 nitrogen and oxygen atoms in total. The molecule has 0 saturated carbocycles. The second-order valence-electron chi connectivity index (χ2n) is 5.91. The monoisotopic (exact) mass is 387 g/mol. The largest absolute Gasteiger partial charge is 0.481 e. The third-order valence-corrected chi connectivity index (χ3v) is 5.14. The van der Waals surface area contributed by atoms with Gasteiger partial charge in [0.2, 0.25) is 5.12 Å². The fourth-order valence-corrected chi connectivity index (χ4v) is 3.80. The smallest absolute Gasteiger partial charge is 0.303 e. The van der Waals surface area contributed by atoms with E-state index in [-0.39, 0.29) is 11.5 Å². The zero-order chi connectivity index (χ0) is 18.7. The highest BCUT2D eigenvalue weighted by molar-refractivity contribution is 8.33. The summed E-state index contributed by atoms with van der Waals surface area (Å²) in [6.45, 7) is 2.40. The summed E-state index contributed by atoms with van der Waals surface area (Å²) in [5.41, 5.74) is 2.53. The number of aryl methyl sites for hydroxylation is 1. The molecule has 0 aliphatic carbocycles. The molecule has 0 radical (unpaired) electrons. The standard InChI is InChI=1S/C19H17NO4S2/c1-12-4-2-5-13(10-12)16-8-7-14(24-16)11-15-18(23)26-19(25)20(15)9-3-6-17(21)22/h2,4-5,7-8,10-11H,3,6,9H2,1H3,(H,21,22)/b15-11+. The van der Waals surface area contributed by atoms with E-state index in [1.165, 1.54) is 0 Å². The number of carbonyl (C=O) groups excluding carboxylic acids is 1. The van der Waals surface area contributed by atoms with Gasteiger partial charge < -0.3 is 14.4 Å². The Morgan fingerprint density at radius 1 is 1.35 bits per heavy atom. The molecular weight excluding hydrogens is 370 g/mol. The Bertz CT molecular complexity index is 900. The summed E-state index contributed by atoms with van der Waals surface area (Å²) in [5, 5.41) is 8.63. The maximum Gasteiger partial charge on any atom is 0.303 e. The molecule has 0 bridgehead atoms. The van der Waals surface area contributed by atoms with Crippen LogP contribution >= 0.6 is 24.0 Å². The molecule has 2 heterocycles. The summed E-state index contributed by atoms with van der Waals surface area (Å²) in [6.07, 6.45) is 2.10. The van der Waals surface area contributed by atoms with Gasteiger partial charge in [0.05, 0.1) is 0 Å². The number of furan rings is 1. The minimum absolute atomic E-state index is 0.0313. The predicted molar refractivity (Wildman–Crippen MR) is 106 cm³/mol. The number of benzene rings is 1. The fraction of sp³-hybridized carbons (Fsp3) is 0.211. The molecule has 0 spiro atoms. The molecule has 0 amide bonds. The average Bonchev–Trinajstić information content (AvgIpc) is 3.14. The molecule has 1 saturated heterocycles. The molecular formula is C19H17NO4S2. The number of nitrogens with zero attached hydrogens (tertiary/aromatic N) is 1. The highest BCUT2D eigenvalue weighted by atomic mass is 32.2. The van der Waals surface area contributed by atoms with Crippen molar-refractivity contribution in [3.05, 3.63) is 53.4 Å². The maximum atomic E-state index is 12.2. The van der Waals surface area contributed by atoms with Gasteiger partial charge in [-0.1, -0.05) is 36.0 Å². The van der Waals surface area contributed by atoms with Gasteiger partial charge in [0.15, 0.2) is 0 Å². The van der Waals surface area contributed by atoms with Crippen LogP contribution in [0.1, 0.15) is 24.2 Å². The second kappa shape index (κ2) is 7.88.